The number of ether oxygens (including phenoxy) is 5. The molecule has 4 bridgehead atoms. The van der Waals surface area contributed by atoms with Crippen LogP contribution in [-0.4, -0.2) is 62.4 Å². The third-order valence-corrected chi connectivity index (χ3v) is 5.87. The van der Waals surface area contributed by atoms with E-state index < -0.39 is 53.8 Å². The second-order valence-electron chi connectivity index (χ2n) is 7.89. The Labute approximate surface area is 227 Å². The Kier molecular flexibility index (Phi) is 11.9. The molecule has 4 aliphatic rings. The van der Waals surface area contributed by atoms with Crippen LogP contribution >= 0.6 is 0 Å². The normalized spacial score (nSPS) is 34.6. The smallest absolute Gasteiger partial charge is 0.499 e. The molecular formula is C22H26O10W2. The summed E-state index contributed by atoms with van der Waals surface area (Å²) in [6.45, 7) is 3.59. The molecule has 12 heteroatoms. The fraction of sp³-hybridized carbons (Fsp3) is 0.591. The van der Waals surface area contributed by atoms with Gasteiger partial charge in [-0.3, -0.25) is 43.2 Å². The third-order valence-electron chi connectivity index (χ3n) is 5.87. The van der Waals surface area contributed by atoms with Crippen molar-refractivity contribution in [3.05, 3.63) is 25.7 Å². The quantitative estimate of drug-likeness (QED) is 0.224. The molecule has 0 aromatic carbocycles. The van der Waals surface area contributed by atoms with E-state index in [9.17, 15) is 24.0 Å². The standard InChI is InChI=1S/C12H14O6.C10H12O4.2W/c1-3-10(13)17-8-4-6(11(14)16-2)7-5-9(8)18-12(7)15;1-5-3-6(9(11)13-2)7-4-8(5)14-10(7)12;;/h4-9H,3H2,1-2H3;3-8H,1-2H3;;/q2*-2;2*+2. The third kappa shape index (κ3) is 6.48. The van der Waals surface area contributed by atoms with E-state index in [1.807, 2.05) is 13.3 Å². The molecule has 2 aliphatic carbocycles. The van der Waals surface area contributed by atoms with Gasteiger partial charge in [0.05, 0.1) is 14.2 Å². The van der Waals surface area contributed by atoms with Gasteiger partial charge in [0.1, 0.15) is 0 Å². The summed E-state index contributed by atoms with van der Waals surface area (Å²) in [5.74, 6) is -4.33. The molecule has 186 valence electrons. The van der Waals surface area contributed by atoms with E-state index in [0.717, 1.165) is 0 Å². The van der Waals surface area contributed by atoms with Gasteiger partial charge in [0.25, 0.3) is 23.9 Å². The van der Waals surface area contributed by atoms with Gasteiger partial charge in [0, 0.05) is 6.42 Å². The monoisotopic (exact) mass is 818 g/mol. The van der Waals surface area contributed by atoms with E-state index in [2.05, 4.69) is 9.47 Å². The van der Waals surface area contributed by atoms with Crippen molar-refractivity contribution < 1.29 is 89.8 Å². The molecule has 0 aromatic rings. The summed E-state index contributed by atoms with van der Waals surface area (Å²) in [6.07, 6.45) is 5.49. The van der Waals surface area contributed by atoms with Crippen molar-refractivity contribution >= 4 is 29.8 Å². The van der Waals surface area contributed by atoms with Gasteiger partial charge in [-0.1, -0.05) is 37.5 Å². The molecule has 8 atom stereocenters. The molecule has 34 heavy (non-hydrogen) atoms. The largest absolute Gasteiger partial charge is 2.00 e. The molecule has 0 radical (unpaired) electrons. The van der Waals surface area contributed by atoms with Crippen LogP contribution in [0.1, 0.15) is 20.3 Å². The van der Waals surface area contributed by atoms with Crippen molar-refractivity contribution in [1.82, 2.24) is 0 Å². The zero-order valence-electron chi connectivity index (χ0n) is 19.0. The van der Waals surface area contributed by atoms with E-state index >= 15 is 0 Å². The Morgan fingerprint density at radius 2 is 1.29 bits per heavy atom. The van der Waals surface area contributed by atoms with Crippen LogP contribution in [0.3, 0.4) is 0 Å². The minimum Gasteiger partial charge on any atom is -0.499 e. The van der Waals surface area contributed by atoms with Crippen molar-refractivity contribution in [3.8, 4) is 0 Å². The van der Waals surface area contributed by atoms with Crippen molar-refractivity contribution in [2.45, 2.75) is 38.6 Å². The molecule has 4 fully saturated rings. The van der Waals surface area contributed by atoms with E-state index in [1.54, 1.807) is 19.8 Å². The van der Waals surface area contributed by atoms with Gasteiger partial charge in [-0.2, -0.15) is 5.92 Å². The van der Waals surface area contributed by atoms with Crippen molar-refractivity contribution in [3.63, 3.8) is 0 Å². The number of hydrogen-bond acceptors (Lipinski definition) is 10. The average Bonchev–Trinajstić information content (AvgIpc) is 3.30. The van der Waals surface area contributed by atoms with Crippen LogP contribution < -0.4 is 0 Å². The number of carbonyl (C=O) groups excluding carboxylic acids is 5. The summed E-state index contributed by atoms with van der Waals surface area (Å²) in [6, 6.07) is 0. The minimum atomic E-state index is -0.754. The molecule has 2 heterocycles. The van der Waals surface area contributed by atoms with Crippen LogP contribution in [0.25, 0.3) is 0 Å². The van der Waals surface area contributed by atoms with E-state index in [-0.39, 0.29) is 72.5 Å². The number of esters is 5. The number of fused-ring (bicyclic) bond motifs is 4. The summed E-state index contributed by atoms with van der Waals surface area (Å²) in [7, 11) is 2.57. The first-order chi connectivity index (χ1) is 15.2. The molecule has 0 aromatic heterocycles. The van der Waals surface area contributed by atoms with Gasteiger partial charge in [-0.25, -0.2) is 0 Å². The van der Waals surface area contributed by atoms with Crippen LogP contribution in [0.2, 0.25) is 0 Å². The van der Waals surface area contributed by atoms with Gasteiger partial charge < -0.3 is 30.1 Å². The van der Waals surface area contributed by atoms with E-state index in [1.165, 1.54) is 20.6 Å². The summed E-state index contributed by atoms with van der Waals surface area (Å²) in [5, 5.41) is 0. The molecule has 0 N–H and O–H groups in total. The van der Waals surface area contributed by atoms with E-state index in [0.29, 0.717) is 0 Å². The molecule has 0 spiro atoms. The topological polar surface area (TPSA) is 132 Å². The minimum absolute atomic E-state index is 0. The van der Waals surface area contributed by atoms with Crippen LogP contribution in [0.4, 0.5) is 0 Å². The Morgan fingerprint density at radius 3 is 1.79 bits per heavy atom. The van der Waals surface area contributed by atoms with Crippen molar-refractivity contribution in [2.75, 3.05) is 14.2 Å². The molecular weight excluding hydrogens is 792 g/mol. The van der Waals surface area contributed by atoms with Gasteiger partial charge in [0.15, 0.2) is 0 Å². The second kappa shape index (κ2) is 13.2. The number of carbonyl (C=O) groups is 5. The summed E-state index contributed by atoms with van der Waals surface area (Å²) >= 11 is 0. The van der Waals surface area contributed by atoms with Gasteiger partial charge in [-0.05, 0) is 18.3 Å². The SMILES string of the molecule is CCC(=O)OC1[CH-]C(C(=O)OC)C2[CH-]C1OC2=O.COC(=O)C1[CH-]C(C)C2[CH-]C1C(=O)O2.[W+2].[W+2]. The molecule has 2 saturated heterocycles. The molecule has 0 amide bonds. The van der Waals surface area contributed by atoms with Gasteiger partial charge in [-0.15, -0.1) is 0 Å². The van der Waals surface area contributed by atoms with Gasteiger partial charge in [0.2, 0.25) is 0 Å². The zero-order valence-corrected chi connectivity index (χ0v) is 24.9. The average molecular weight is 818 g/mol. The Balaban J connectivity index is 0.000000329. The van der Waals surface area contributed by atoms with Crippen LogP contribution in [0, 0.1) is 55.3 Å². The molecule has 2 aliphatic heterocycles. The van der Waals surface area contributed by atoms with Crippen LogP contribution in [0.15, 0.2) is 0 Å². The van der Waals surface area contributed by atoms with Crippen LogP contribution in [-0.2, 0) is 89.8 Å². The molecule has 4 rings (SSSR count). The number of rotatable bonds is 4. The maximum atomic E-state index is 11.6. The van der Waals surface area contributed by atoms with Crippen LogP contribution in [0.5, 0.6) is 0 Å². The first-order valence-corrected chi connectivity index (χ1v) is 10.4. The Hall–Kier alpha value is -1.27. The summed E-state index contributed by atoms with van der Waals surface area (Å²) in [4.78, 5) is 57.1. The number of hydrogen-bond donors (Lipinski definition) is 0. The first-order valence-electron chi connectivity index (χ1n) is 10.4. The zero-order chi connectivity index (χ0) is 23.6. The molecule has 10 nitrogen and oxygen atoms in total. The van der Waals surface area contributed by atoms with Crippen molar-refractivity contribution in [2.24, 2.45) is 29.6 Å². The summed E-state index contributed by atoms with van der Waals surface area (Å²) in [5.41, 5.74) is 0. The second-order valence-corrected chi connectivity index (χ2v) is 7.89. The Morgan fingerprint density at radius 1 is 0.824 bits per heavy atom. The maximum absolute atomic E-state index is 11.6. The molecule has 8 unspecified atom stereocenters. The fourth-order valence-electron chi connectivity index (χ4n) is 4.12. The fourth-order valence-corrected chi connectivity index (χ4v) is 4.12. The maximum Gasteiger partial charge on any atom is 2.00 e. The Bertz CT molecular complexity index is 788. The summed E-state index contributed by atoms with van der Waals surface area (Å²) < 4.78 is 24.5. The van der Waals surface area contributed by atoms with Crippen molar-refractivity contribution in [1.29, 1.82) is 0 Å². The van der Waals surface area contributed by atoms with Gasteiger partial charge >= 0.3 is 48.1 Å². The first kappa shape index (κ1) is 30.8. The van der Waals surface area contributed by atoms with E-state index in [4.69, 9.17) is 14.2 Å². The number of methoxy groups -OCH3 is 2. The molecule has 2 saturated carbocycles. The predicted octanol–water partition coefficient (Wildman–Crippen LogP) is 0.432. The predicted molar refractivity (Wildman–Crippen MR) is 104 cm³/mol.